The Hall–Kier alpha value is -2.54. The fourth-order valence-corrected chi connectivity index (χ4v) is 3.81. The number of hydrogen-bond acceptors (Lipinski definition) is 4. The summed E-state index contributed by atoms with van der Waals surface area (Å²) in [6, 6.07) is 7.79. The maximum absolute atomic E-state index is 12.7. The molecule has 8 heteroatoms. The van der Waals surface area contributed by atoms with E-state index >= 15 is 0 Å². The third kappa shape index (κ3) is 5.33. The summed E-state index contributed by atoms with van der Waals surface area (Å²) >= 11 is 6.18. The highest BCUT2D eigenvalue weighted by atomic mass is 35.5. The SMILES string of the molecule is COc1ccc(CCC(=O)N2CCCN(C(=O)Cn3nc(C)c(Cl)c3C)CC2)cc1. The predicted octanol–water partition coefficient (Wildman–Crippen LogP) is 2.86. The molecule has 2 amide bonds. The van der Waals surface area contributed by atoms with Crippen LogP contribution in [0.3, 0.4) is 0 Å². The molecule has 162 valence electrons. The minimum absolute atomic E-state index is 0.00444. The van der Waals surface area contributed by atoms with Crippen molar-refractivity contribution in [2.75, 3.05) is 33.3 Å². The molecule has 1 aliphatic rings. The van der Waals surface area contributed by atoms with Crippen LogP contribution in [0, 0.1) is 13.8 Å². The number of carbonyl (C=O) groups excluding carboxylic acids is 2. The van der Waals surface area contributed by atoms with Crippen molar-refractivity contribution in [3.63, 3.8) is 0 Å². The number of halogens is 1. The zero-order valence-corrected chi connectivity index (χ0v) is 18.6. The maximum atomic E-state index is 12.7. The summed E-state index contributed by atoms with van der Waals surface area (Å²) in [6.07, 6.45) is 1.93. The van der Waals surface area contributed by atoms with Crippen molar-refractivity contribution in [2.45, 2.75) is 39.7 Å². The van der Waals surface area contributed by atoms with Crippen LogP contribution in [-0.2, 0) is 22.6 Å². The molecule has 3 rings (SSSR count). The van der Waals surface area contributed by atoms with Crippen LogP contribution in [0.5, 0.6) is 5.75 Å². The van der Waals surface area contributed by atoms with Gasteiger partial charge in [-0.3, -0.25) is 14.3 Å². The van der Waals surface area contributed by atoms with Crippen LogP contribution in [0.4, 0.5) is 0 Å². The van der Waals surface area contributed by atoms with E-state index in [0.29, 0.717) is 44.0 Å². The molecule has 0 N–H and O–H groups in total. The van der Waals surface area contributed by atoms with Gasteiger partial charge in [0.25, 0.3) is 0 Å². The Kier molecular flexibility index (Phi) is 7.37. The summed E-state index contributed by atoms with van der Waals surface area (Å²) in [4.78, 5) is 29.1. The number of benzene rings is 1. The number of amides is 2. The summed E-state index contributed by atoms with van der Waals surface area (Å²) in [5.41, 5.74) is 2.64. The first-order valence-electron chi connectivity index (χ1n) is 10.3. The molecule has 7 nitrogen and oxygen atoms in total. The molecule has 1 fully saturated rings. The van der Waals surface area contributed by atoms with E-state index in [0.717, 1.165) is 29.1 Å². The minimum atomic E-state index is 0.00444. The average Bonchev–Trinajstić information content (AvgIpc) is 2.94. The lowest BCUT2D eigenvalue weighted by Gasteiger charge is -2.22. The van der Waals surface area contributed by atoms with Crippen molar-refractivity contribution in [2.24, 2.45) is 0 Å². The number of aryl methyl sites for hydroxylation is 2. The number of carbonyl (C=O) groups is 2. The summed E-state index contributed by atoms with van der Waals surface area (Å²) in [7, 11) is 1.64. The standard InChI is InChI=1S/C22H29ClN4O3/c1-16-22(23)17(2)27(24-16)15-21(29)26-12-4-11-25(13-14-26)20(28)10-7-18-5-8-19(30-3)9-6-18/h5-6,8-9H,4,7,10-15H2,1-3H3. The third-order valence-electron chi connectivity index (χ3n) is 5.57. The van der Waals surface area contributed by atoms with E-state index in [1.54, 1.807) is 11.8 Å². The van der Waals surface area contributed by atoms with E-state index in [1.807, 2.05) is 47.9 Å². The molecule has 0 aliphatic carbocycles. The van der Waals surface area contributed by atoms with Crippen molar-refractivity contribution in [1.82, 2.24) is 19.6 Å². The van der Waals surface area contributed by atoms with Gasteiger partial charge >= 0.3 is 0 Å². The van der Waals surface area contributed by atoms with Gasteiger partial charge in [0.15, 0.2) is 0 Å². The number of hydrogen-bond donors (Lipinski definition) is 0. The fraction of sp³-hybridized carbons (Fsp3) is 0.500. The second-order valence-electron chi connectivity index (χ2n) is 7.61. The molecular weight excluding hydrogens is 404 g/mol. The Labute approximate surface area is 182 Å². The zero-order chi connectivity index (χ0) is 21.7. The smallest absolute Gasteiger partial charge is 0.244 e. The Bertz CT molecular complexity index is 895. The molecule has 0 unspecified atom stereocenters. The quantitative estimate of drug-likeness (QED) is 0.703. The summed E-state index contributed by atoms with van der Waals surface area (Å²) < 4.78 is 6.82. The molecule has 1 aliphatic heterocycles. The molecule has 0 bridgehead atoms. The number of ether oxygens (including phenoxy) is 1. The van der Waals surface area contributed by atoms with Gasteiger partial charge in [-0.15, -0.1) is 0 Å². The van der Waals surface area contributed by atoms with Gasteiger partial charge in [0.05, 0.1) is 23.5 Å². The van der Waals surface area contributed by atoms with Gasteiger partial charge in [-0.05, 0) is 44.4 Å². The van der Waals surface area contributed by atoms with Crippen LogP contribution in [0.1, 0.15) is 29.8 Å². The molecule has 30 heavy (non-hydrogen) atoms. The van der Waals surface area contributed by atoms with E-state index in [4.69, 9.17) is 16.3 Å². The molecule has 0 spiro atoms. The Morgan fingerprint density at radius 3 is 2.23 bits per heavy atom. The molecule has 0 atom stereocenters. The Morgan fingerprint density at radius 1 is 1.03 bits per heavy atom. The predicted molar refractivity (Wildman–Crippen MR) is 116 cm³/mol. The van der Waals surface area contributed by atoms with Crippen LogP contribution in [0.25, 0.3) is 0 Å². The van der Waals surface area contributed by atoms with Gasteiger partial charge in [-0.1, -0.05) is 23.7 Å². The van der Waals surface area contributed by atoms with Gasteiger partial charge in [0.2, 0.25) is 11.8 Å². The Morgan fingerprint density at radius 2 is 1.67 bits per heavy atom. The molecule has 1 saturated heterocycles. The highest BCUT2D eigenvalue weighted by Crippen LogP contribution is 2.19. The lowest BCUT2D eigenvalue weighted by atomic mass is 10.1. The lowest BCUT2D eigenvalue weighted by Crippen LogP contribution is -2.39. The largest absolute Gasteiger partial charge is 0.497 e. The molecule has 2 heterocycles. The summed E-state index contributed by atoms with van der Waals surface area (Å²) in [6.45, 7) is 6.29. The van der Waals surface area contributed by atoms with Crippen molar-refractivity contribution < 1.29 is 14.3 Å². The second-order valence-corrected chi connectivity index (χ2v) is 7.98. The minimum Gasteiger partial charge on any atom is -0.497 e. The highest BCUT2D eigenvalue weighted by molar-refractivity contribution is 6.31. The molecule has 0 saturated carbocycles. The summed E-state index contributed by atoms with van der Waals surface area (Å²) in [5.74, 6) is 0.945. The molecule has 0 radical (unpaired) electrons. The van der Waals surface area contributed by atoms with Crippen LogP contribution >= 0.6 is 11.6 Å². The average molecular weight is 433 g/mol. The van der Waals surface area contributed by atoms with Crippen molar-refractivity contribution >= 4 is 23.4 Å². The first-order valence-corrected chi connectivity index (χ1v) is 10.6. The number of nitrogens with zero attached hydrogens (tertiary/aromatic N) is 4. The van der Waals surface area contributed by atoms with Gasteiger partial charge in [0, 0.05) is 32.6 Å². The lowest BCUT2D eigenvalue weighted by molar-refractivity contribution is -0.134. The van der Waals surface area contributed by atoms with Gasteiger partial charge in [-0.25, -0.2) is 0 Å². The molecular formula is C22H29ClN4O3. The van der Waals surface area contributed by atoms with Crippen molar-refractivity contribution in [3.05, 3.63) is 46.2 Å². The normalized spacial score (nSPS) is 14.5. The number of aromatic nitrogens is 2. The summed E-state index contributed by atoms with van der Waals surface area (Å²) in [5, 5.41) is 4.94. The maximum Gasteiger partial charge on any atom is 0.244 e. The van der Waals surface area contributed by atoms with E-state index in [2.05, 4.69) is 5.10 Å². The van der Waals surface area contributed by atoms with Crippen molar-refractivity contribution in [3.8, 4) is 5.75 Å². The van der Waals surface area contributed by atoms with Crippen LogP contribution < -0.4 is 4.74 Å². The first-order chi connectivity index (χ1) is 14.4. The van der Waals surface area contributed by atoms with E-state index in [1.165, 1.54) is 0 Å². The first kappa shape index (κ1) is 22.2. The zero-order valence-electron chi connectivity index (χ0n) is 17.9. The second kappa shape index (κ2) is 9.98. The topological polar surface area (TPSA) is 67.7 Å². The van der Waals surface area contributed by atoms with E-state index in [-0.39, 0.29) is 18.4 Å². The number of rotatable bonds is 6. The number of methoxy groups -OCH3 is 1. The monoisotopic (exact) mass is 432 g/mol. The third-order valence-corrected chi connectivity index (χ3v) is 6.11. The van der Waals surface area contributed by atoms with Gasteiger partial charge < -0.3 is 14.5 Å². The van der Waals surface area contributed by atoms with Crippen LogP contribution in [-0.4, -0.2) is 64.7 Å². The highest BCUT2D eigenvalue weighted by Gasteiger charge is 2.23. The fourth-order valence-electron chi connectivity index (χ4n) is 3.67. The van der Waals surface area contributed by atoms with E-state index in [9.17, 15) is 9.59 Å². The van der Waals surface area contributed by atoms with Gasteiger partial charge in [-0.2, -0.15) is 5.10 Å². The Balaban J connectivity index is 1.50. The van der Waals surface area contributed by atoms with Gasteiger partial charge in [0.1, 0.15) is 12.3 Å². The van der Waals surface area contributed by atoms with E-state index < -0.39 is 0 Å². The van der Waals surface area contributed by atoms with Crippen molar-refractivity contribution in [1.29, 1.82) is 0 Å². The molecule has 2 aromatic rings. The van der Waals surface area contributed by atoms with Crippen LogP contribution in [0.15, 0.2) is 24.3 Å². The molecule has 1 aromatic heterocycles. The van der Waals surface area contributed by atoms with Crippen LogP contribution in [0.2, 0.25) is 5.02 Å². The molecule has 1 aromatic carbocycles.